The van der Waals surface area contributed by atoms with E-state index in [0.717, 1.165) is 71.1 Å². The van der Waals surface area contributed by atoms with Crippen LogP contribution in [0.2, 0.25) is 0 Å². The minimum Gasteiger partial charge on any atom is -0.480 e. The second kappa shape index (κ2) is 58.5. The lowest BCUT2D eigenvalue weighted by Gasteiger charge is -2.25. The first-order valence-corrected chi connectivity index (χ1v) is 35.1. The first kappa shape index (κ1) is 83.2. The first-order chi connectivity index (χ1) is 42.5. The normalized spacial score (nSPS) is 13.3. The van der Waals surface area contributed by atoms with Crippen molar-refractivity contribution in [3.8, 4) is 0 Å². The van der Waals surface area contributed by atoms with Gasteiger partial charge in [0, 0.05) is 19.3 Å². The molecule has 6 amide bonds. The molecule has 512 valence electrons. The fraction of sp³-hybridized carbons (Fsp3) is 0.868. The van der Waals surface area contributed by atoms with Gasteiger partial charge in [-0.25, -0.2) is 0 Å². The van der Waals surface area contributed by atoms with E-state index in [1.165, 1.54) is 167 Å². The molecular weight excluding hydrogens is 1120 g/mol. The molecule has 20 nitrogen and oxygen atoms in total. The van der Waals surface area contributed by atoms with Crippen molar-refractivity contribution in [2.75, 3.05) is 19.8 Å². The maximum Gasteiger partial charge on any atom is 0.325 e. The van der Waals surface area contributed by atoms with Gasteiger partial charge in [-0.05, 0) is 45.4 Å². The number of aliphatic hydroxyl groups excluding tert-OH is 2. The highest BCUT2D eigenvalue weighted by molar-refractivity contribution is 5.97. The van der Waals surface area contributed by atoms with Crippen molar-refractivity contribution >= 4 is 53.4 Å². The molecule has 0 saturated heterocycles. The molecule has 0 spiro atoms. The Kier molecular flexibility index (Phi) is 55.3. The van der Waals surface area contributed by atoms with Crippen molar-refractivity contribution in [3.05, 3.63) is 0 Å². The molecule has 0 saturated carbocycles. The molecule has 0 aromatic rings. The summed E-state index contributed by atoms with van der Waals surface area (Å²) in [5.41, 5.74) is 5.26. The van der Waals surface area contributed by atoms with E-state index in [1.807, 2.05) is 0 Å². The van der Waals surface area contributed by atoms with Gasteiger partial charge in [0.05, 0.1) is 19.6 Å². The van der Waals surface area contributed by atoms with Crippen LogP contribution in [0.4, 0.5) is 0 Å². The Morgan fingerprint density at radius 1 is 0.375 bits per heavy atom. The monoisotopic (exact) mass is 1250 g/mol. The summed E-state index contributed by atoms with van der Waals surface area (Å²) < 4.78 is 11.6. The van der Waals surface area contributed by atoms with Gasteiger partial charge in [-0.1, -0.05) is 252 Å². The van der Waals surface area contributed by atoms with Crippen LogP contribution < -0.4 is 32.3 Å². The lowest BCUT2D eigenvalue weighted by Crippen LogP contribution is -2.60. The molecule has 0 radical (unpaired) electrons. The maximum absolute atomic E-state index is 14.1. The van der Waals surface area contributed by atoms with Gasteiger partial charge in [-0.2, -0.15) is 0 Å². The smallest absolute Gasteiger partial charge is 0.325 e. The highest BCUT2D eigenvalue weighted by atomic mass is 16.6. The van der Waals surface area contributed by atoms with Crippen molar-refractivity contribution in [1.29, 1.82) is 0 Å². The Balaban J connectivity index is 6.01. The van der Waals surface area contributed by atoms with E-state index in [4.69, 9.17) is 15.2 Å². The number of carbonyl (C=O) groups is 9. The molecular formula is C68H126N6O14. The van der Waals surface area contributed by atoms with Crippen molar-refractivity contribution in [2.24, 2.45) is 5.73 Å². The van der Waals surface area contributed by atoms with Crippen LogP contribution in [0.15, 0.2) is 0 Å². The predicted molar refractivity (Wildman–Crippen MR) is 347 cm³/mol. The van der Waals surface area contributed by atoms with E-state index in [2.05, 4.69) is 47.4 Å². The summed E-state index contributed by atoms with van der Waals surface area (Å²) in [6.45, 7) is 5.61. The zero-order valence-corrected chi connectivity index (χ0v) is 55.5. The Morgan fingerprint density at radius 3 is 1.05 bits per heavy atom. The van der Waals surface area contributed by atoms with E-state index in [1.54, 1.807) is 0 Å². The zero-order chi connectivity index (χ0) is 65.3. The molecule has 0 bridgehead atoms. The standard InChI is InChI=1S/C68H126N6O14/c1-5-8-11-14-17-20-23-26-29-32-35-38-41-47-61(78)71-56(64(81)73-59(52-76)67(84)74-58(51-75)66(83)72-57(50-60(69)77)65(82)70-54(4)68(85)86)46-44-45-55(88-63(80)49-43-40-37-34-31-28-25-22-19-16-13-10-7-3)53-87-62(79)48-42-39-36-33-30-27-24-21-18-15-12-9-6-2/h54-59,75-76H,5-53H2,1-4H3,(H2,69,77)(H,70,82)(H,71,78)(H,72,83)(H,73,81)(H,74,84)(H,85,86)/t54-,55+,56+,57-,58-,59-/m0/s1. The Labute approximate surface area is 530 Å². The number of primary amides is 1. The quantitative estimate of drug-likeness (QED) is 0.0202. The summed E-state index contributed by atoms with van der Waals surface area (Å²) in [5, 5.41) is 41.4. The number of esters is 2. The summed E-state index contributed by atoms with van der Waals surface area (Å²) in [6, 6.07) is -7.87. The second-order valence-electron chi connectivity index (χ2n) is 24.6. The number of carboxylic acids is 1. The number of carbonyl (C=O) groups excluding carboxylic acids is 8. The number of amides is 6. The molecule has 10 N–H and O–H groups in total. The number of nitrogens with two attached hydrogens (primary N) is 1. The fourth-order valence-corrected chi connectivity index (χ4v) is 10.6. The average molecular weight is 1250 g/mol. The zero-order valence-electron chi connectivity index (χ0n) is 55.5. The maximum atomic E-state index is 14.1. The molecule has 0 aliphatic heterocycles. The number of unbranched alkanes of at least 4 members (excludes halogenated alkanes) is 36. The minimum atomic E-state index is -1.79. The number of aliphatic carboxylic acids is 1. The van der Waals surface area contributed by atoms with Crippen molar-refractivity contribution in [2.45, 2.75) is 359 Å². The van der Waals surface area contributed by atoms with E-state index in [-0.39, 0.29) is 45.1 Å². The van der Waals surface area contributed by atoms with E-state index >= 15 is 0 Å². The highest BCUT2D eigenvalue weighted by Gasteiger charge is 2.33. The molecule has 0 fully saturated rings. The minimum absolute atomic E-state index is 0.0127. The highest BCUT2D eigenvalue weighted by Crippen LogP contribution is 2.18. The molecule has 0 aromatic carbocycles. The third-order valence-electron chi connectivity index (χ3n) is 16.3. The fourth-order valence-electron chi connectivity index (χ4n) is 10.6. The van der Waals surface area contributed by atoms with Crippen LogP contribution in [0.1, 0.15) is 323 Å². The molecule has 0 heterocycles. The molecule has 0 rings (SSSR count). The lowest BCUT2D eigenvalue weighted by atomic mass is 10.0. The first-order valence-electron chi connectivity index (χ1n) is 35.1. The summed E-state index contributed by atoms with van der Waals surface area (Å²) in [7, 11) is 0. The Morgan fingerprint density at radius 2 is 0.693 bits per heavy atom. The SMILES string of the molecule is CCCCCCCCCCCCCCCC(=O)N[C@H](CCC[C@H](COC(=O)CCCCCCCCCCCCCCC)OC(=O)CCCCCCCCCCCCCCC)C(=O)N[C@@H](CO)C(=O)N[C@@H](CO)C(=O)N[C@@H](CC(N)=O)C(=O)N[C@@H](C)C(=O)O. The summed E-state index contributed by atoms with van der Waals surface area (Å²) in [5.74, 6) is -7.91. The van der Waals surface area contributed by atoms with Crippen LogP contribution in [-0.4, -0.2) is 125 Å². The number of nitrogens with one attached hydrogen (secondary N) is 5. The Hall–Kier alpha value is -4.85. The largest absolute Gasteiger partial charge is 0.480 e. The van der Waals surface area contributed by atoms with Crippen LogP contribution in [0, 0.1) is 0 Å². The number of rotatable bonds is 63. The summed E-state index contributed by atoms with van der Waals surface area (Å²) >= 11 is 0. The van der Waals surface area contributed by atoms with Crippen LogP contribution in [-0.2, 0) is 52.6 Å². The molecule has 20 heteroatoms. The van der Waals surface area contributed by atoms with Gasteiger partial charge < -0.3 is 57.1 Å². The summed E-state index contributed by atoms with van der Waals surface area (Å²) in [6.07, 6.45) is 44.2. The number of hydrogen-bond donors (Lipinski definition) is 9. The summed E-state index contributed by atoms with van der Waals surface area (Å²) in [4.78, 5) is 117. The second-order valence-corrected chi connectivity index (χ2v) is 24.6. The van der Waals surface area contributed by atoms with Crippen LogP contribution in [0.5, 0.6) is 0 Å². The third kappa shape index (κ3) is 49.0. The van der Waals surface area contributed by atoms with Gasteiger partial charge in [-0.3, -0.25) is 43.2 Å². The molecule has 0 aliphatic carbocycles. The molecule has 0 aliphatic rings. The van der Waals surface area contributed by atoms with Crippen molar-refractivity contribution in [3.63, 3.8) is 0 Å². The van der Waals surface area contributed by atoms with E-state index in [0.29, 0.717) is 19.3 Å². The van der Waals surface area contributed by atoms with Gasteiger partial charge in [0.1, 0.15) is 42.9 Å². The van der Waals surface area contributed by atoms with Crippen LogP contribution in [0.25, 0.3) is 0 Å². The number of aliphatic hydroxyl groups is 2. The molecule has 88 heavy (non-hydrogen) atoms. The lowest BCUT2D eigenvalue weighted by molar-refractivity contribution is -0.159. The van der Waals surface area contributed by atoms with Gasteiger partial charge in [0.25, 0.3) is 0 Å². The van der Waals surface area contributed by atoms with Crippen LogP contribution in [0.3, 0.4) is 0 Å². The number of ether oxygens (including phenoxy) is 2. The van der Waals surface area contributed by atoms with Crippen LogP contribution >= 0.6 is 0 Å². The number of carboxylic acid groups (broad SMARTS) is 1. The Bertz CT molecular complexity index is 1840. The molecule has 0 unspecified atom stereocenters. The number of hydrogen-bond acceptors (Lipinski definition) is 13. The van der Waals surface area contributed by atoms with E-state index in [9.17, 15) is 58.5 Å². The average Bonchev–Trinajstić information content (AvgIpc) is 2.79. The van der Waals surface area contributed by atoms with Gasteiger partial charge in [0.2, 0.25) is 35.4 Å². The van der Waals surface area contributed by atoms with Crippen molar-refractivity contribution < 1.29 is 67.9 Å². The third-order valence-corrected chi connectivity index (χ3v) is 16.3. The van der Waals surface area contributed by atoms with Gasteiger partial charge >= 0.3 is 17.9 Å². The topological polar surface area (TPSA) is 319 Å². The predicted octanol–water partition coefficient (Wildman–Crippen LogP) is 11.4. The molecule has 6 atom stereocenters. The van der Waals surface area contributed by atoms with Gasteiger partial charge in [0.15, 0.2) is 0 Å². The van der Waals surface area contributed by atoms with E-state index < -0.39 is 109 Å². The van der Waals surface area contributed by atoms with Crippen molar-refractivity contribution in [1.82, 2.24) is 26.6 Å². The molecule has 0 aromatic heterocycles. The van der Waals surface area contributed by atoms with Gasteiger partial charge in [-0.15, -0.1) is 0 Å².